The predicted octanol–water partition coefficient (Wildman–Crippen LogP) is 3.34. The van der Waals surface area contributed by atoms with E-state index in [1.165, 1.54) is 0 Å². The quantitative estimate of drug-likeness (QED) is 0.188. The maximum Gasteiger partial charge on any atom is 0.260 e. The lowest BCUT2D eigenvalue weighted by Gasteiger charge is -2.22. The standard InChI is InChI=1S/C33H28N2O9/c1-4-5-6-7-17-13-16-12-15-8-9-33(25(15)29(40)20(16)32(43)34-17)30(41)23-24(31(33)42)28(39)22-21(27(23)38)18(36)14-19(26(22)37)44-11-10-35(2)3/h4-7,12-14,38-40H,8-11H2,1-3H3,(H,34,43)/b5-4+,7-6+/t33-/m0/s1. The molecule has 2 aromatic carbocycles. The zero-order chi connectivity index (χ0) is 31.7. The Morgan fingerprint density at radius 3 is 2.27 bits per heavy atom. The SMILES string of the molecule is C/C=C/C=C/c1cc2cc3c(c(O)c2c(=O)[nH]1)[C@@]1(CC3)C(=O)c2c(O)c3c(c(O)c2C1=O)C(=O)C(OCCN(C)C)=CC3=O. The number of nitrogens with one attached hydrogen (secondary N) is 1. The second-order valence-electron chi connectivity index (χ2n) is 11.3. The van der Waals surface area contributed by atoms with Crippen LogP contribution in [0.15, 0.2) is 47.0 Å². The van der Waals surface area contributed by atoms with Gasteiger partial charge in [0.05, 0.1) is 27.6 Å². The van der Waals surface area contributed by atoms with Gasteiger partial charge in [-0.15, -0.1) is 0 Å². The summed E-state index contributed by atoms with van der Waals surface area (Å²) in [6.45, 7) is 2.30. The number of hydrogen-bond donors (Lipinski definition) is 4. The minimum absolute atomic E-state index is 0.0438. The van der Waals surface area contributed by atoms with Crippen molar-refractivity contribution >= 4 is 40.0 Å². The van der Waals surface area contributed by atoms with Crippen LogP contribution in [-0.2, 0) is 16.6 Å². The number of pyridine rings is 1. The zero-order valence-electron chi connectivity index (χ0n) is 24.1. The molecule has 6 rings (SSSR count). The zero-order valence-corrected chi connectivity index (χ0v) is 24.1. The molecule has 0 fully saturated rings. The number of Topliss-reactive ketones (excluding diaryl/α,β-unsaturated/α-hetero) is 3. The number of allylic oxidation sites excluding steroid dienone is 5. The molecular weight excluding hydrogens is 568 g/mol. The Balaban J connectivity index is 1.50. The van der Waals surface area contributed by atoms with Gasteiger partial charge in [-0.25, -0.2) is 0 Å². The molecule has 44 heavy (non-hydrogen) atoms. The highest BCUT2D eigenvalue weighted by molar-refractivity contribution is 6.38. The number of hydrogen-bond acceptors (Lipinski definition) is 10. The van der Waals surface area contributed by atoms with E-state index < -0.39 is 73.6 Å². The fourth-order valence-corrected chi connectivity index (χ4v) is 6.41. The molecule has 0 saturated carbocycles. The number of carbonyl (C=O) groups excluding carboxylic acids is 4. The van der Waals surface area contributed by atoms with Crippen molar-refractivity contribution in [1.82, 2.24) is 9.88 Å². The Morgan fingerprint density at radius 1 is 0.932 bits per heavy atom. The lowest BCUT2D eigenvalue weighted by Crippen LogP contribution is -2.36. The van der Waals surface area contributed by atoms with E-state index in [1.54, 1.807) is 49.4 Å². The molecule has 11 heteroatoms. The number of fused-ring (bicyclic) bond motifs is 5. The Hall–Kier alpha value is -5.29. The molecule has 1 heterocycles. The Bertz CT molecular complexity index is 2010. The van der Waals surface area contributed by atoms with Crippen LogP contribution in [0, 0.1) is 0 Å². The molecule has 0 bridgehead atoms. The van der Waals surface area contributed by atoms with E-state index in [2.05, 4.69) is 4.98 Å². The summed E-state index contributed by atoms with van der Waals surface area (Å²) in [6, 6.07) is 3.28. The first kappa shape index (κ1) is 28.8. The van der Waals surface area contributed by atoms with Gasteiger partial charge in [-0.1, -0.05) is 24.3 Å². The third-order valence-corrected chi connectivity index (χ3v) is 8.42. The summed E-state index contributed by atoms with van der Waals surface area (Å²) in [7, 11) is 3.57. The van der Waals surface area contributed by atoms with Crippen molar-refractivity contribution in [2.24, 2.45) is 0 Å². The molecule has 224 valence electrons. The van der Waals surface area contributed by atoms with Crippen LogP contribution in [0.1, 0.15) is 71.6 Å². The van der Waals surface area contributed by atoms with Crippen molar-refractivity contribution in [3.63, 3.8) is 0 Å². The summed E-state index contributed by atoms with van der Waals surface area (Å²) in [4.78, 5) is 72.3. The van der Waals surface area contributed by atoms with Gasteiger partial charge in [0.1, 0.15) is 29.3 Å². The maximum absolute atomic E-state index is 14.2. The van der Waals surface area contributed by atoms with Gasteiger partial charge in [-0.3, -0.25) is 24.0 Å². The van der Waals surface area contributed by atoms with Crippen molar-refractivity contribution in [2.45, 2.75) is 25.2 Å². The molecule has 1 atom stereocenters. The number of likely N-dealkylation sites (N-methyl/N-ethyl adjacent to an activating group) is 1. The van der Waals surface area contributed by atoms with E-state index >= 15 is 0 Å². The van der Waals surface area contributed by atoms with Crippen molar-refractivity contribution in [3.05, 3.63) is 91.6 Å². The molecule has 0 saturated heterocycles. The highest BCUT2D eigenvalue weighted by Crippen LogP contribution is 2.57. The monoisotopic (exact) mass is 596 g/mol. The van der Waals surface area contributed by atoms with Crippen molar-refractivity contribution in [2.75, 3.05) is 27.2 Å². The number of aromatic hydroxyl groups is 3. The number of phenols is 3. The summed E-state index contributed by atoms with van der Waals surface area (Å²) >= 11 is 0. The molecule has 1 spiro atoms. The van der Waals surface area contributed by atoms with Crippen molar-refractivity contribution < 1.29 is 39.2 Å². The summed E-state index contributed by atoms with van der Waals surface area (Å²) in [5.41, 5.74) is -4.39. The largest absolute Gasteiger partial charge is 0.507 e. The number of H-pyrrole nitrogens is 1. The summed E-state index contributed by atoms with van der Waals surface area (Å²) in [6.07, 6.45) is 7.90. The van der Waals surface area contributed by atoms with Gasteiger partial charge in [0.15, 0.2) is 23.1 Å². The fraction of sp³-hybridized carbons (Fsp3) is 0.242. The molecule has 0 radical (unpaired) electrons. The van der Waals surface area contributed by atoms with E-state index in [1.807, 2.05) is 13.0 Å². The molecule has 0 unspecified atom stereocenters. The van der Waals surface area contributed by atoms with E-state index in [-0.39, 0.29) is 36.2 Å². The van der Waals surface area contributed by atoms with Gasteiger partial charge in [0.2, 0.25) is 5.78 Å². The van der Waals surface area contributed by atoms with E-state index in [0.29, 0.717) is 23.2 Å². The Labute approximate surface area is 250 Å². The number of rotatable bonds is 6. The Morgan fingerprint density at radius 2 is 1.61 bits per heavy atom. The smallest absolute Gasteiger partial charge is 0.260 e. The van der Waals surface area contributed by atoms with Gasteiger partial charge in [-0.05, 0) is 57.0 Å². The van der Waals surface area contributed by atoms with Crippen LogP contribution >= 0.6 is 0 Å². The summed E-state index contributed by atoms with van der Waals surface area (Å²) in [5, 5.41) is 34.3. The van der Waals surface area contributed by atoms with Crippen LogP contribution in [0.2, 0.25) is 0 Å². The van der Waals surface area contributed by atoms with Gasteiger partial charge in [0, 0.05) is 23.9 Å². The first-order valence-electron chi connectivity index (χ1n) is 14.0. The topological polar surface area (TPSA) is 174 Å². The molecule has 11 nitrogen and oxygen atoms in total. The number of phenolic OH excluding ortho intramolecular Hbond substituents is 3. The lowest BCUT2D eigenvalue weighted by atomic mass is 9.76. The number of aromatic amines is 1. The lowest BCUT2D eigenvalue weighted by molar-refractivity contribution is 0.0790. The molecule has 1 aromatic heterocycles. The van der Waals surface area contributed by atoms with E-state index in [0.717, 1.165) is 6.08 Å². The van der Waals surface area contributed by atoms with Gasteiger partial charge in [-0.2, -0.15) is 0 Å². The third-order valence-electron chi connectivity index (χ3n) is 8.42. The molecule has 3 aliphatic carbocycles. The summed E-state index contributed by atoms with van der Waals surface area (Å²) < 4.78 is 5.47. The van der Waals surface area contributed by atoms with Crippen LogP contribution in [0.3, 0.4) is 0 Å². The first-order chi connectivity index (χ1) is 20.9. The number of aryl methyl sites for hydroxylation is 1. The van der Waals surface area contributed by atoms with Crippen molar-refractivity contribution in [3.8, 4) is 17.2 Å². The molecule has 0 amide bonds. The van der Waals surface area contributed by atoms with Crippen LogP contribution in [-0.4, -0.2) is 75.6 Å². The number of benzene rings is 2. The van der Waals surface area contributed by atoms with Crippen LogP contribution in [0.4, 0.5) is 0 Å². The van der Waals surface area contributed by atoms with Gasteiger partial charge in [0.25, 0.3) is 5.56 Å². The number of carbonyl (C=O) groups is 4. The summed E-state index contributed by atoms with van der Waals surface area (Å²) in [5.74, 6) is -6.48. The molecule has 4 N–H and O–H groups in total. The number of nitrogens with zero attached hydrogens (tertiary/aromatic N) is 1. The van der Waals surface area contributed by atoms with Crippen LogP contribution in [0.25, 0.3) is 16.8 Å². The number of ether oxygens (including phenoxy) is 1. The fourth-order valence-electron chi connectivity index (χ4n) is 6.41. The molecule has 0 aliphatic heterocycles. The van der Waals surface area contributed by atoms with Crippen molar-refractivity contribution in [1.29, 1.82) is 0 Å². The normalized spacial score (nSPS) is 19.1. The highest BCUT2D eigenvalue weighted by Gasteiger charge is 2.61. The van der Waals surface area contributed by atoms with Gasteiger partial charge < -0.3 is 29.9 Å². The minimum atomic E-state index is -2.09. The third kappa shape index (κ3) is 3.89. The van der Waals surface area contributed by atoms with Crippen LogP contribution in [0.5, 0.6) is 17.2 Å². The first-order valence-corrected chi connectivity index (χ1v) is 14.0. The maximum atomic E-state index is 14.2. The van der Waals surface area contributed by atoms with Crippen LogP contribution < -0.4 is 5.56 Å². The molecule has 3 aromatic rings. The average molecular weight is 597 g/mol. The molecule has 3 aliphatic rings. The minimum Gasteiger partial charge on any atom is -0.507 e. The number of ketones is 4. The van der Waals surface area contributed by atoms with E-state index in [4.69, 9.17) is 4.74 Å². The van der Waals surface area contributed by atoms with Gasteiger partial charge >= 0.3 is 0 Å². The van der Waals surface area contributed by atoms with E-state index in [9.17, 15) is 39.3 Å². The number of aromatic nitrogens is 1. The second kappa shape index (κ2) is 10.2. The molecular formula is C33H28N2O9. The Kier molecular flexibility index (Phi) is 6.66. The predicted molar refractivity (Wildman–Crippen MR) is 160 cm³/mol. The second-order valence-corrected chi connectivity index (χ2v) is 11.3. The highest BCUT2D eigenvalue weighted by atomic mass is 16.5. The average Bonchev–Trinajstić information content (AvgIpc) is 3.45.